The van der Waals surface area contributed by atoms with Crippen LogP contribution in [-0.4, -0.2) is 4.98 Å². The van der Waals surface area contributed by atoms with Crippen LogP contribution >= 0.6 is 11.6 Å². The van der Waals surface area contributed by atoms with E-state index in [2.05, 4.69) is 33.8 Å². The van der Waals surface area contributed by atoms with Gasteiger partial charge < -0.3 is 10.7 Å². The molecule has 2 aromatic heterocycles. The number of nitrogens with zero attached hydrogens (tertiary/aromatic N) is 1. The predicted molar refractivity (Wildman–Crippen MR) is 102 cm³/mol. The minimum atomic E-state index is 0.704. The van der Waals surface area contributed by atoms with Gasteiger partial charge in [-0.05, 0) is 29.8 Å². The molecular weight excluding hydrogens is 318 g/mol. The SMILES string of the molecule is C[n+]1c(/C=C/c2c[nH]c3ccccc23)cc(N)c2ccc(Cl)cc21. The molecular formula is C20H17ClN3+. The zero-order valence-electron chi connectivity index (χ0n) is 13.3. The van der Waals surface area contributed by atoms with Crippen molar-refractivity contribution in [1.29, 1.82) is 0 Å². The molecule has 0 atom stereocenters. The van der Waals surface area contributed by atoms with Gasteiger partial charge in [0.25, 0.3) is 0 Å². The molecule has 3 nitrogen and oxygen atoms in total. The van der Waals surface area contributed by atoms with E-state index in [1.807, 2.05) is 49.6 Å². The van der Waals surface area contributed by atoms with Crippen LogP contribution < -0.4 is 10.3 Å². The number of aryl methyl sites for hydroxylation is 1. The molecule has 118 valence electrons. The fraction of sp³-hybridized carbons (Fsp3) is 0.0500. The number of fused-ring (bicyclic) bond motifs is 2. The highest BCUT2D eigenvalue weighted by Crippen LogP contribution is 2.24. The van der Waals surface area contributed by atoms with Gasteiger partial charge in [0.2, 0.25) is 11.2 Å². The van der Waals surface area contributed by atoms with Gasteiger partial charge in [-0.1, -0.05) is 29.8 Å². The molecule has 0 aliphatic carbocycles. The number of hydrogen-bond donors (Lipinski definition) is 2. The van der Waals surface area contributed by atoms with Crippen molar-refractivity contribution in [2.75, 3.05) is 5.73 Å². The lowest BCUT2D eigenvalue weighted by Gasteiger charge is -2.04. The molecule has 0 saturated carbocycles. The smallest absolute Gasteiger partial charge is 0.216 e. The van der Waals surface area contributed by atoms with Crippen LogP contribution in [0.2, 0.25) is 5.02 Å². The number of hydrogen-bond acceptors (Lipinski definition) is 1. The molecule has 0 aliphatic heterocycles. The number of rotatable bonds is 2. The average molecular weight is 335 g/mol. The molecule has 4 rings (SSSR count). The summed E-state index contributed by atoms with van der Waals surface area (Å²) in [6, 6.07) is 16.0. The largest absolute Gasteiger partial charge is 0.398 e. The van der Waals surface area contributed by atoms with Gasteiger partial charge in [-0.25, -0.2) is 0 Å². The van der Waals surface area contributed by atoms with E-state index in [0.29, 0.717) is 5.02 Å². The maximum absolute atomic E-state index is 6.22. The van der Waals surface area contributed by atoms with Crippen molar-refractivity contribution >= 4 is 51.2 Å². The molecule has 0 fully saturated rings. The maximum atomic E-state index is 6.22. The minimum absolute atomic E-state index is 0.704. The second-order valence-electron chi connectivity index (χ2n) is 5.87. The van der Waals surface area contributed by atoms with Crippen LogP contribution in [0.25, 0.3) is 34.0 Å². The Bertz CT molecular complexity index is 1090. The lowest BCUT2D eigenvalue weighted by molar-refractivity contribution is -0.646. The van der Waals surface area contributed by atoms with E-state index >= 15 is 0 Å². The van der Waals surface area contributed by atoms with E-state index in [4.69, 9.17) is 17.3 Å². The number of pyridine rings is 1. The van der Waals surface area contributed by atoms with E-state index in [1.165, 1.54) is 5.39 Å². The third-order valence-corrected chi connectivity index (χ3v) is 4.61. The molecule has 2 aromatic carbocycles. The molecule has 24 heavy (non-hydrogen) atoms. The topological polar surface area (TPSA) is 45.7 Å². The number of anilines is 1. The van der Waals surface area contributed by atoms with Crippen molar-refractivity contribution in [3.63, 3.8) is 0 Å². The summed E-state index contributed by atoms with van der Waals surface area (Å²) in [5, 5.41) is 2.91. The molecule has 3 N–H and O–H groups in total. The fourth-order valence-corrected chi connectivity index (χ4v) is 3.23. The van der Waals surface area contributed by atoms with Gasteiger partial charge in [-0.15, -0.1) is 0 Å². The molecule has 0 radical (unpaired) electrons. The Balaban J connectivity index is 1.83. The standard InChI is InChI=1S/C20H16ClN3/c1-24-15(11-18(22)17-9-7-14(21)10-20(17)24)8-6-13-12-23-19-5-3-2-4-16(13)19/h2-12H,1H3,(H2,22,23)/p+1. The summed E-state index contributed by atoms with van der Waals surface area (Å²) < 4.78 is 2.10. The number of aromatic amines is 1. The Morgan fingerprint density at radius 2 is 1.88 bits per heavy atom. The Morgan fingerprint density at radius 1 is 1.04 bits per heavy atom. The molecule has 0 saturated heterocycles. The number of para-hydroxylation sites is 1. The predicted octanol–water partition coefficient (Wildman–Crippen LogP) is 4.55. The van der Waals surface area contributed by atoms with Crippen LogP contribution in [0.15, 0.2) is 54.7 Å². The molecule has 0 spiro atoms. The summed E-state index contributed by atoms with van der Waals surface area (Å²) in [6.07, 6.45) is 6.19. The first-order valence-corrected chi connectivity index (χ1v) is 8.13. The zero-order chi connectivity index (χ0) is 16.7. The van der Waals surface area contributed by atoms with E-state index < -0.39 is 0 Å². The highest BCUT2D eigenvalue weighted by atomic mass is 35.5. The summed E-state index contributed by atoms with van der Waals surface area (Å²) in [7, 11) is 2.02. The van der Waals surface area contributed by atoms with Gasteiger partial charge in [-0.2, -0.15) is 4.57 Å². The van der Waals surface area contributed by atoms with Crippen LogP contribution in [0.1, 0.15) is 11.3 Å². The number of nitrogen functional groups attached to an aromatic ring is 1. The van der Waals surface area contributed by atoms with Gasteiger partial charge in [0, 0.05) is 40.3 Å². The quantitative estimate of drug-likeness (QED) is 0.519. The number of aromatic nitrogens is 2. The van der Waals surface area contributed by atoms with E-state index in [9.17, 15) is 0 Å². The van der Waals surface area contributed by atoms with Gasteiger partial charge in [0.1, 0.15) is 7.05 Å². The van der Waals surface area contributed by atoms with E-state index in [1.54, 1.807) is 0 Å². The zero-order valence-corrected chi connectivity index (χ0v) is 14.0. The normalized spacial score (nSPS) is 11.8. The van der Waals surface area contributed by atoms with Crippen molar-refractivity contribution in [2.45, 2.75) is 0 Å². The maximum Gasteiger partial charge on any atom is 0.216 e. The number of halogens is 1. The Labute approximate surface area is 145 Å². The average Bonchev–Trinajstić information content (AvgIpc) is 3.00. The highest BCUT2D eigenvalue weighted by Gasteiger charge is 2.13. The van der Waals surface area contributed by atoms with Crippen molar-refractivity contribution in [1.82, 2.24) is 4.98 Å². The van der Waals surface area contributed by atoms with Gasteiger partial charge in [-0.3, -0.25) is 0 Å². The van der Waals surface area contributed by atoms with Crippen LogP contribution in [0.5, 0.6) is 0 Å². The third kappa shape index (κ3) is 2.43. The first-order chi connectivity index (χ1) is 11.6. The van der Waals surface area contributed by atoms with Crippen molar-refractivity contribution in [3.05, 3.63) is 71.0 Å². The molecule has 0 aliphatic rings. The lowest BCUT2D eigenvalue weighted by atomic mass is 10.1. The Hall–Kier alpha value is -2.78. The number of H-pyrrole nitrogens is 1. The third-order valence-electron chi connectivity index (χ3n) is 4.38. The van der Waals surface area contributed by atoms with Crippen molar-refractivity contribution in [2.24, 2.45) is 7.05 Å². The van der Waals surface area contributed by atoms with Gasteiger partial charge in [0.15, 0.2) is 0 Å². The van der Waals surface area contributed by atoms with Crippen LogP contribution in [0.3, 0.4) is 0 Å². The monoisotopic (exact) mass is 334 g/mol. The van der Waals surface area contributed by atoms with Crippen LogP contribution in [0, 0.1) is 0 Å². The summed E-state index contributed by atoms with van der Waals surface area (Å²) in [6.45, 7) is 0. The second-order valence-corrected chi connectivity index (χ2v) is 6.30. The summed E-state index contributed by atoms with van der Waals surface area (Å²) in [5.74, 6) is 0. The summed E-state index contributed by atoms with van der Waals surface area (Å²) in [5.41, 5.74) is 11.3. The summed E-state index contributed by atoms with van der Waals surface area (Å²) >= 11 is 6.14. The molecule has 0 bridgehead atoms. The summed E-state index contributed by atoms with van der Waals surface area (Å²) in [4.78, 5) is 3.29. The van der Waals surface area contributed by atoms with Gasteiger partial charge in [0.05, 0.1) is 11.1 Å². The van der Waals surface area contributed by atoms with Crippen LogP contribution in [0.4, 0.5) is 5.69 Å². The Kier molecular flexibility index (Phi) is 3.51. The number of benzene rings is 2. The fourth-order valence-electron chi connectivity index (χ4n) is 3.07. The molecule has 0 amide bonds. The minimum Gasteiger partial charge on any atom is -0.398 e. The second kappa shape index (κ2) is 5.69. The lowest BCUT2D eigenvalue weighted by Crippen LogP contribution is -2.33. The molecule has 0 unspecified atom stereocenters. The number of nitrogens with two attached hydrogens (primary N) is 1. The highest BCUT2D eigenvalue weighted by molar-refractivity contribution is 6.31. The molecule has 2 heterocycles. The first kappa shape index (κ1) is 14.8. The Morgan fingerprint density at radius 3 is 2.75 bits per heavy atom. The van der Waals surface area contributed by atoms with E-state index in [-0.39, 0.29) is 0 Å². The van der Waals surface area contributed by atoms with E-state index in [0.717, 1.165) is 33.4 Å². The molecule has 4 aromatic rings. The molecule has 4 heteroatoms. The van der Waals surface area contributed by atoms with Crippen molar-refractivity contribution in [3.8, 4) is 0 Å². The number of nitrogens with one attached hydrogen (secondary N) is 1. The van der Waals surface area contributed by atoms with Crippen molar-refractivity contribution < 1.29 is 4.57 Å². The van der Waals surface area contributed by atoms with Crippen LogP contribution in [-0.2, 0) is 7.05 Å². The van der Waals surface area contributed by atoms with Gasteiger partial charge >= 0.3 is 0 Å². The first-order valence-electron chi connectivity index (χ1n) is 7.75.